The minimum absolute atomic E-state index is 0.0178. The lowest BCUT2D eigenvalue weighted by atomic mass is 9.81. The quantitative estimate of drug-likeness (QED) is 0.136. The van der Waals surface area contributed by atoms with E-state index in [2.05, 4.69) is 185 Å². The van der Waals surface area contributed by atoms with Crippen molar-refractivity contribution in [3.05, 3.63) is 179 Å². The first-order valence-corrected chi connectivity index (χ1v) is 17.7. The van der Waals surface area contributed by atoms with Crippen molar-refractivity contribution in [1.82, 2.24) is 0 Å². The maximum Gasteiger partial charge on any atom is 0.172 e. The number of rotatable bonds is 6. The summed E-state index contributed by atoms with van der Waals surface area (Å²) >= 11 is 0. The van der Waals surface area contributed by atoms with E-state index >= 15 is 0 Å². The van der Waals surface area contributed by atoms with E-state index in [-0.39, 0.29) is 5.41 Å². The van der Waals surface area contributed by atoms with E-state index in [9.17, 15) is 0 Å². The van der Waals surface area contributed by atoms with E-state index in [1.807, 2.05) is 0 Å². The third-order valence-electron chi connectivity index (χ3n) is 9.57. The minimum Gasteiger partial charge on any atom is -0.0812 e. The summed E-state index contributed by atoms with van der Waals surface area (Å²) in [5.74, 6) is 0. The summed E-state index contributed by atoms with van der Waals surface area (Å²) in [7, 11) is -2.51. The average Bonchev–Trinajstić information content (AvgIpc) is 3.28. The van der Waals surface area contributed by atoms with Crippen LogP contribution in [0, 0.1) is 13.8 Å². The fourth-order valence-electron chi connectivity index (χ4n) is 7.05. The van der Waals surface area contributed by atoms with Crippen LogP contribution in [0.4, 0.5) is 0 Å². The highest BCUT2D eigenvalue weighted by Crippen LogP contribution is 2.49. The first-order chi connectivity index (χ1) is 21.4. The summed E-state index contributed by atoms with van der Waals surface area (Å²) in [6.45, 7) is 9.06. The zero-order chi connectivity index (χ0) is 30.3. The molecule has 0 atom stereocenters. The van der Waals surface area contributed by atoms with Crippen LogP contribution in [0.3, 0.4) is 0 Å². The highest BCUT2D eigenvalue weighted by molar-refractivity contribution is 7.15. The Morgan fingerprint density at radius 1 is 0.477 bits per heavy atom. The molecule has 0 aliphatic heterocycles. The molecule has 7 rings (SSSR count). The standard InChI is InChI=1S/C43H38Si/c1-31-15-18-33(19-16-31)27-28-44(36-11-7-5-8-12-36,37-13-9-6-10-14-37)38-23-20-34(21-24-38)35-22-26-40-39-25-17-32(2)29-41(39)43(3,4)42(40)30-35/h5-30H,1-4H3/b28-27+. The summed E-state index contributed by atoms with van der Waals surface area (Å²) in [4.78, 5) is 0. The molecule has 0 N–H and O–H groups in total. The summed E-state index contributed by atoms with van der Waals surface area (Å²) < 4.78 is 0. The van der Waals surface area contributed by atoms with Gasteiger partial charge in [-0.2, -0.15) is 0 Å². The smallest absolute Gasteiger partial charge is 0.0812 e. The van der Waals surface area contributed by atoms with Crippen molar-refractivity contribution in [2.24, 2.45) is 0 Å². The number of hydrogen-bond acceptors (Lipinski definition) is 0. The van der Waals surface area contributed by atoms with Crippen molar-refractivity contribution in [3.63, 3.8) is 0 Å². The second-order valence-electron chi connectivity index (χ2n) is 12.8. The molecule has 6 aromatic carbocycles. The van der Waals surface area contributed by atoms with Crippen LogP contribution >= 0.6 is 0 Å². The maximum absolute atomic E-state index is 2.52. The molecule has 0 bridgehead atoms. The Bertz CT molecular complexity index is 1920. The highest BCUT2D eigenvalue weighted by atomic mass is 28.3. The SMILES string of the molecule is Cc1ccc(/C=C/[Si](c2ccccc2)(c2ccccc2)c2ccc(-c3ccc4c(c3)C(C)(C)c3cc(C)ccc3-4)cc2)cc1. The lowest BCUT2D eigenvalue weighted by Gasteiger charge is -2.31. The van der Waals surface area contributed by atoms with Crippen LogP contribution in [0.25, 0.3) is 28.3 Å². The van der Waals surface area contributed by atoms with Crippen LogP contribution in [0.2, 0.25) is 0 Å². The Labute approximate surface area is 263 Å². The van der Waals surface area contributed by atoms with Gasteiger partial charge in [0.05, 0.1) is 0 Å². The predicted octanol–water partition coefficient (Wildman–Crippen LogP) is 9.00. The Morgan fingerprint density at radius 2 is 0.977 bits per heavy atom. The Balaban J connectivity index is 1.34. The molecule has 0 amide bonds. The molecule has 6 aromatic rings. The molecular formula is C43H38Si. The molecule has 1 aliphatic carbocycles. The van der Waals surface area contributed by atoms with Crippen LogP contribution in [0.5, 0.6) is 0 Å². The summed E-state index contributed by atoms with van der Waals surface area (Å²) in [5.41, 5.74) is 14.5. The molecule has 1 aliphatic rings. The van der Waals surface area contributed by atoms with Gasteiger partial charge in [-0.05, 0) is 74.4 Å². The van der Waals surface area contributed by atoms with Gasteiger partial charge in [-0.1, -0.05) is 176 Å². The molecule has 44 heavy (non-hydrogen) atoms. The second kappa shape index (κ2) is 11.1. The van der Waals surface area contributed by atoms with E-state index in [1.54, 1.807) is 0 Å². The number of aryl methyl sites for hydroxylation is 2. The van der Waals surface area contributed by atoms with Gasteiger partial charge in [0.2, 0.25) is 0 Å². The van der Waals surface area contributed by atoms with Crippen LogP contribution in [-0.2, 0) is 5.41 Å². The van der Waals surface area contributed by atoms with E-state index < -0.39 is 8.07 Å². The normalized spacial score (nSPS) is 13.5. The van der Waals surface area contributed by atoms with Gasteiger partial charge in [0.1, 0.15) is 0 Å². The van der Waals surface area contributed by atoms with Crippen molar-refractivity contribution in [3.8, 4) is 22.3 Å². The van der Waals surface area contributed by atoms with Gasteiger partial charge in [0.25, 0.3) is 0 Å². The molecule has 0 unspecified atom stereocenters. The van der Waals surface area contributed by atoms with Crippen molar-refractivity contribution in [2.75, 3.05) is 0 Å². The fraction of sp³-hybridized carbons (Fsp3) is 0.116. The van der Waals surface area contributed by atoms with Crippen molar-refractivity contribution in [2.45, 2.75) is 33.1 Å². The van der Waals surface area contributed by atoms with Gasteiger partial charge in [-0.15, -0.1) is 0 Å². The van der Waals surface area contributed by atoms with Crippen molar-refractivity contribution < 1.29 is 0 Å². The number of fused-ring (bicyclic) bond motifs is 3. The molecular weight excluding hydrogens is 545 g/mol. The highest BCUT2D eigenvalue weighted by Gasteiger charge is 2.38. The third-order valence-corrected chi connectivity index (χ3v) is 14.0. The summed E-state index contributed by atoms with van der Waals surface area (Å²) in [6.07, 6.45) is 2.33. The van der Waals surface area contributed by atoms with Gasteiger partial charge < -0.3 is 0 Å². The first kappa shape index (κ1) is 28.1. The Morgan fingerprint density at radius 3 is 1.59 bits per heavy atom. The van der Waals surface area contributed by atoms with E-state index in [0.29, 0.717) is 0 Å². The Kier molecular flexibility index (Phi) is 7.07. The molecule has 0 saturated carbocycles. The lowest BCUT2D eigenvalue weighted by Crippen LogP contribution is -2.66. The summed E-state index contributed by atoms with van der Waals surface area (Å²) in [6, 6.07) is 54.5. The fourth-order valence-corrected chi connectivity index (χ4v) is 11.2. The first-order valence-electron chi connectivity index (χ1n) is 15.6. The van der Waals surface area contributed by atoms with Crippen LogP contribution in [0.15, 0.2) is 151 Å². The molecule has 0 radical (unpaired) electrons. The zero-order valence-corrected chi connectivity index (χ0v) is 27.0. The zero-order valence-electron chi connectivity index (χ0n) is 26.0. The lowest BCUT2D eigenvalue weighted by molar-refractivity contribution is 0.660. The number of benzene rings is 6. The maximum atomic E-state index is 2.52. The van der Waals surface area contributed by atoms with Gasteiger partial charge >= 0.3 is 0 Å². The molecule has 0 nitrogen and oxygen atoms in total. The monoisotopic (exact) mass is 582 g/mol. The number of hydrogen-bond donors (Lipinski definition) is 0. The molecule has 214 valence electrons. The molecule has 0 aromatic heterocycles. The third kappa shape index (κ3) is 4.78. The van der Waals surface area contributed by atoms with Crippen LogP contribution in [-0.4, -0.2) is 8.07 Å². The van der Waals surface area contributed by atoms with E-state index in [0.717, 1.165) is 0 Å². The largest absolute Gasteiger partial charge is 0.172 e. The summed E-state index contributed by atoms with van der Waals surface area (Å²) in [5, 5.41) is 4.15. The molecule has 0 saturated heterocycles. The molecule has 0 fully saturated rings. The van der Waals surface area contributed by atoms with Crippen molar-refractivity contribution >= 4 is 29.7 Å². The van der Waals surface area contributed by atoms with Gasteiger partial charge in [-0.25, -0.2) is 0 Å². The minimum atomic E-state index is -2.51. The molecule has 1 heteroatoms. The van der Waals surface area contributed by atoms with E-state index in [1.165, 1.54) is 65.6 Å². The average molecular weight is 583 g/mol. The topological polar surface area (TPSA) is 0 Å². The van der Waals surface area contributed by atoms with Gasteiger partial charge in [0.15, 0.2) is 8.07 Å². The van der Waals surface area contributed by atoms with Gasteiger partial charge in [0, 0.05) is 5.41 Å². The van der Waals surface area contributed by atoms with E-state index in [4.69, 9.17) is 0 Å². The van der Waals surface area contributed by atoms with Crippen LogP contribution < -0.4 is 15.6 Å². The van der Waals surface area contributed by atoms with Crippen LogP contribution in [0.1, 0.15) is 41.7 Å². The Hall–Kier alpha value is -4.72. The second-order valence-corrected chi connectivity index (χ2v) is 16.5. The van der Waals surface area contributed by atoms with Crippen molar-refractivity contribution in [1.29, 1.82) is 0 Å². The molecule has 0 spiro atoms. The molecule has 0 heterocycles. The predicted molar refractivity (Wildman–Crippen MR) is 192 cm³/mol. The van der Waals surface area contributed by atoms with Gasteiger partial charge in [-0.3, -0.25) is 0 Å².